The minimum Gasteiger partial charge on any atom is -0.368 e. The van der Waals surface area contributed by atoms with Crippen LogP contribution in [0.1, 0.15) is 18.9 Å². The highest BCUT2D eigenvalue weighted by Gasteiger charge is 2.38. The normalized spacial score (nSPS) is 19.7. The van der Waals surface area contributed by atoms with Gasteiger partial charge in [-0.25, -0.2) is 0 Å². The second-order valence-corrected chi connectivity index (χ2v) is 8.12. The van der Waals surface area contributed by atoms with Crippen LogP contribution in [0.2, 0.25) is 5.02 Å². The summed E-state index contributed by atoms with van der Waals surface area (Å²) in [4.78, 5) is 31.7. The highest BCUT2D eigenvalue weighted by Crippen LogP contribution is 2.30. The Kier molecular flexibility index (Phi) is 5.76. The molecule has 0 bridgehead atoms. The van der Waals surface area contributed by atoms with Crippen molar-refractivity contribution in [3.05, 3.63) is 59.1 Å². The van der Waals surface area contributed by atoms with Crippen LogP contribution >= 0.6 is 11.6 Å². The molecule has 0 aliphatic carbocycles. The molecule has 0 radical (unpaired) electrons. The summed E-state index contributed by atoms with van der Waals surface area (Å²) >= 11 is 6.10. The van der Waals surface area contributed by atoms with Gasteiger partial charge in [0.15, 0.2) is 0 Å². The lowest BCUT2D eigenvalue weighted by Crippen LogP contribution is -2.50. The minimum absolute atomic E-state index is 0.0433. The van der Waals surface area contributed by atoms with Crippen LogP contribution in [-0.2, 0) is 16.0 Å². The summed E-state index contributed by atoms with van der Waals surface area (Å²) in [5.74, 6) is -0.118. The number of piperazine rings is 1. The average Bonchev–Trinajstić information content (AvgIpc) is 3.14. The Labute approximate surface area is 176 Å². The number of para-hydroxylation sites is 1. The molecule has 2 saturated heterocycles. The van der Waals surface area contributed by atoms with E-state index in [0.717, 1.165) is 41.5 Å². The smallest absolute Gasteiger partial charge is 0.228 e. The van der Waals surface area contributed by atoms with Crippen LogP contribution in [0.5, 0.6) is 0 Å². The third kappa shape index (κ3) is 4.10. The SMILES string of the molecule is CCc1ccccc1N1C[C@H](C(=O)N2CCN(c3cccc(Cl)c3)CC2)CC1=O. The molecule has 2 aromatic rings. The first-order valence-corrected chi connectivity index (χ1v) is 10.6. The van der Waals surface area contributed by atoms with E-state index in [2.05, 4.69) is 11.8 Å². The Hall–Kier alpha value is -2.53. The van der Waals surface area contributed by atoms with E-state index in [1.54, 1.807) is 4.90 Å². The maximum atomic E-state index is 13.1. The molecule has 0 unspecified atom stereocenters. The first kappa shape index (κ1) is 19.8. The number of carbonyl (C=O) groups is 2. The zero-order valence-electron chi connectivity index (χ0n) is 16.7. The van der Waals surface area contributed by atoms with E-state index in [-0.39, 0.29) is 17.7 Å². The van der Waals surface area contributed by atoms with Crippen molar-refractivity contribution in [1.29, 1.82) is 0 Å². The lowest BCUT2D eigenvalue weighted by molar-refractivity contribution is -0.136. The highest BCUT2D eigenvalue weighted by molar-refractivity contribution is 6.30. The van der Waals surface area contributed by atoms with Gasteiger partial charge in [0.1, 0.15) is 0 Å². The Morgan fingerprint density at radius 1 is 1.07 bits per heavy atom. The Bertz CT molecular complexity index is 909. The summed E-state index contributed by atoms with van der Waals surface area (Å²) in [6.07, 6.45) is 1.16. The molecule has 29 heavy (non-hydrogen) atoms. The molecular formula is C23H26ClN3O2. The van der Waals surface area contributed by atoms with E-state index in [4.69, 9.17) is 11.6 Å². The van der Waals surface area contributed by atoms with Crippen molar-refractivity contribution < 1.29 is 9.59 Å². The molecule has 152 valence electrons. The van der Waals surface area contributed by atoms with Gasteiger partial charge in [0.25, 0.3) is 0 Å². The molecule has 2 fully saturated rings. The van der Waals surface area contributed by atoms with Gasteiger partial charge in [0.2, 0.25) is 11.8 Å². The van der Waals surface area contributed by atoms with Gasteiger partial charge in [-0.15, -0.1) is 0 Å². The third-order valence-electron chi connectivity index (χ3n) is 5.90. The van der Waals surface area contributed by atoms with Gasteiger partial charge in [-0.05, 0) is 36.2 Å². The van der Waals surface area contributed by atoms with Crippen molar-refractivity contribution in [3.63, 3.8) is 0 Å². The standard InChI is InChI=1S/C23H26ClN3O2/c1-2-17-6-3-4-9-21(17)27-16-18(14-22(27)28)23(29)26-12-10-25(11-13-26)20-8-5-7-19(24)15-20/h3-9,15,18H,2,10-14,16H2,1H3/t18-/m1/s1. The maximum absolute atomic E-state index is 13.1. The fraction of sp³-hybridized carbons (Fsp3) is 0.391. The minimum atomic E-state index is -0.259. The third-order valence-corrected chi connectivity index (χ3v) is 6.14. The van der Waals surface area contributed by atoms with Crippen LogP contribution in [-0.4, -0.2) is 49.4 Å². The zero-order chi connectivity index (χ0) is 20.4. The van der Waals surface area contributed by atoms with Gasteiger partial charge in [-0.3, -0.25) is 9.59 Å². The molecular weight excluding hydrogens is 386 g/mol. The first-order valence-electron chi connectivity index (χ1n) is 10.2. The number of nitrogens with zero attached hydrogens (tertiary/aromatic N) is 3. The number of rotatable bonds is 4. The number of hydrogen-bond acceptors (Lipinski definition) is 3. The van der Waals surface area contributed by atoms with Crippen LogP contribution in [0.15, 0.2) is 48.5 Å². The predicted molar refractivity (Wildman–Crippen MR) is 117 cm³/mol. The molecule has 2 heterocycles. The fourth-order valence-electron chi connectivity index (χ4n) is 4.30. The van der Waals surface area contributed by atoms with E-state index >= 15 is 0 Å². The number of carbonyl (C=O) groups excluding carboxylic acids is 2. The largest absolute Gasteiger partial charge is 0.368 e. The van der Waals surface area contributed by atoms with Crippen molar-refractivity contribution >= 4 is 34.8 Å². The molecule has 2 aromatic carbocycles. The lowest BCUT2D eigenvalue weighted by Gasteiger charge is -2.37. The summed E-state index contributed by atoms with van der Waals surface area (Å²) in [5.41, 5.74) is 3.17. The Morgan fingerprint density at radius 2 is 1.83 bits per heavy atom. The number of halogens is 1. The van der Waals surface area contributed by atoms with Crippen molar-refractivity contribution in [1.82, 2.24) is 4.90 Å². The van der Waals surface area contributed by atoms with Crippen molar-refractivity contribution in [2.75, 3.05) is 42.5 Å². The molecule has 0 N–H and O–H groups in total. The Morgan fingerprint density at radius 3 is 2.55 bits per heavy atom. The predicted octanol–water partition coefficient (Wildman–Crippen LogP) is 3.60. The van der Waals surface area contributed by atoms with E-state index in [1.807, 2.05) is 53.4 Å². The van der Waals surface area contributed by atoms with Gasteiger partial charge in [-0.1, -0.05) is 42.8 Å². The molecule has 1 atom stereocenters. The topological polar surface area (TPSA) is 43.9 Å². The molecule has 0 spiro atoms. The van der Waals surface area contributed by atoms with Gasteiger partial charge < -0.3 is 14.7 Å². The number of anilines is 2. The first-order chi connectivity index (χ1) is 14.1. The number of hydrogen-bond donors (Lipinski definition) is 0. The van der Waals surface area contributed by atoms with E-state index in [0.29, 0.717) is 26.1 Å². The quantitative estimate of drug-likeness (QED) is 0.772. The van der Waals surface area contributed by atoms with Crippen LogP contribution in [0, 0.1) is 5.92 Å². The molecule has 6 heteroatoms. The number of aryl methyl sites for hydroxylation is 1. The fourth-order valence-corrected chi connectivity index (χ4v) is 4.48. The summed E-state index contributed by atoms with van der Waals surface area (Å²) < 4.78 is 0. The molecule has 0 aromatic heterocycles. The molecule has 2 aliphatic rings. The summed E-state index contributed by atoms with van der Waals surface area (Å²) in [7, 11) is 0. The van der Waals surface area contributed by atoms with Gasteiger partial charge in [0.05, 0.1) is 5.92 Å². The summed E-state index contributed by atoms with van der Waals surface area (Å²) in [6, 6.07) is 15.8. The molecule has 0 saturated carbocycles. The van der Waals surface area contributed by atoms with Crippen molar-refractivity contribution in [2.45, 2.75) is 19.8 Å². The average molecular weight is 412 g/mol. The lowest BCUT2D eigenvalue weighted by atomic mass is 10.1. The molecule has 2 amide bonds. The monoisotopic (exact) mass is 411 g/mol. The second-order valence-electron chi connectivity index (χ2n) is 7.68. The number of benzene rings is 2. The summed E-state index contributed by atoms with van der Waals surface area (Å²) in [5, 5.41) is 0.720. The van der Waals surface area contributed by atoms with E-state index < -0.39 is 0 Å². The number of amides is 2. The highest BCUT2D eigenvalue weighted by atomic mass is 35.5. The molecule has 5 nitrogen and oxygen atoms in total. The second kappa shape index (κ2) is 8.46. The van der Waals surface area contributed by atoms with Crippen LogP contribution in [0.3, 0.4) is 0 Å². The zero-order valence-corrected chi connectivity index (χ0v) is 17.4. The molecule has 4 rings (SSSR count). The van der Waals surface area contributed by atoms with Gasteiger partial charge in [0, 0.05) is 55.5 Å². The van der Waals surface area contributed by atoms with Gasteiger partial charge in [-0.2, -0.15) is 0 Å². The van der Waals surface area contributed by atoms with Crippen LogP contribution in [0.25, 0.3) is 0 Å². The van der Waals surface area contributed by atoms with Crippen molar-refractivity contribution in [2.24, 2.45) is 5.92 Å². The van der Waals surface area contributed by atoms with Gasteiger partial charge >= 0.3 is 0 Å². The molecule has 2 aliphatic heterocycles. The van der Waals surface area contributed by atoms with Crippen LogP contribution < -0.4 is 9.80 Å². The Balaban J connectivity index is 1.39. The van der Waals surface area contributed by atoms with E-state index in [9.17, 15) is 9.59 Å². The maximum Gasteiger partial charge on any atom is 0.228 e. The van der Waals surface area contributed by atoms with E-state index in [1.165, 1.54) is 0 Å². The van der Waals surface area contributed by atoms with Crippen LogP contribution in [0.4, 0.5) is 11.4 Å². The van der Waals surface area contributed by atoms with Crippen molar-refractivity contribution in [3.8, 4) is 0 Å². The summed E-state index contributed by atoms with van der Waals surface area (Å²) in [6.45, 7) is 5.44.